The van der Waals surface area contributed by atoms with Crippen LogP contribution in [0.5, 0.6) is 0 Å². The highest BCUT2D eigenvalue weighted by Gasteiger charge is 2.22. The van der Waals surface area contributed by atoms with Crippen molar-refractivity contribution in [3.8, 4) is 0 Å². The molecule has 1 heterocycles. The van der Waals surface area contributed by atoms with E-state index < -0.39 is 0 Å². The Balaban J connectivity index is 1.93. The van der Waals surface area contributed by atoms with Gasteiger partial charge in [-0.25, -0.2) is 4.98 Å². The van der Waals surface area contributed by atoms with Gasteiger partial charge in [-0.05, 0) is 26.2 Å². The highest BCUT2D eigenvalue weighted by atomic mass is 32.1. The number of amides is 1. The Morgan fingerprint density at radius 3 is 3.05 bits per heavy atom. The molecule has 0 N–H and O–H groups in total. The fourth-order valence-corrected chi connectivity index (χ4v) is 3.18. The number of hydrogen-bond acceptors (Lipinski definition) is 4. The number of nitrogens with zero attached hydrogens (tertiary/aromatic N) is 2. The zero-order valence-electron chi connectivity index (χ0n) is 12.3. The summed E-state index contributed by atoms with van der Waals surface area (Å²) in [5, 5.41) is 2.97. The molecule has 1 aliphatic carbocycles. The predicted octanol–water partition coefficient (Wildman–Crippen LogP) is 3.17. The van der Waals surface area contributed by atoms with E-state index in [-0.39, 0.29) is 17.9 Å². The SMILES string of the molecule is CO[C@H](C)c1nc(CN(C)C(=O)[C@H]2CC=CCC2)cs1. The third-order valence-corrected chi connectivity index (χ3v) is 4.72. The summed E-state index contributed by atoms with van der Waals surface area (Å²) in [4.78, 5) is 18.7. The molecule has 5 heteroatoms. The van der Waals surface area contributed by atoms with Crippen LogP contribution >= 0.6 is 11.3 Å². The third-order valence-electron chi connectivity index (χ3n) is 3.66. The number of aromatic nitrogens is 1. The van der Waals surface area contributed by atoms with Crippen molar-refractivity contribution < 1.29 is 9.53 Å². The van der Waals surface area contributed by atoms with Gasteiger partial charge in [-0.15, -0.1) is 11.3 Å². The summed E-state index contributed by atoms with van der Waals surface area (Å²) >= 11 is 1.59. The van der Waals surface area contributed by atoms with E-state index >= 15 is 0 Å². The van der Waals surface area contributed by atoms with Crippen LogP contribution in [0.4, 0.5) is 0 Å². The van der Waals surface area contributed by atoms with Gasteiger partial charge in [0, 0.05) is 25.5 Å². The highest BCUT2D eigenvalue weighted by molar-refractivity contribution is 7.09. The molecular formula is C15H22N2O2S. The second kappa shape index (κ2) is 6.99. The highest BCUT2D eigenvalue weighted by Crippen LogP contribution is 2.23. The van der Waals surface area contributed by atoms with Crippen LogP contribution in [0.15, 0.2) is 17.5 Å². The number of hydrogen-bond donors (Lipinski definition) is 0. The maximum atomic E-state index is 12.3. The van der Waals surface area contributed by atoms with Gasteiger partial charge in [-0.1, -0.05) is 12.2 Å². The van der Waals surface area contributed by atoms with Crippen LogP contribution in [0.2, 0.25) is 0 Å². The van der Waals surface area contributed by atoms with E-state index in [1.165, 1.54) is 0 Å². The molecule has 0 spiro atoms. The first-order chi connectivity index (χ1) is 9.61. The van der Waals surface area contributed by atoms with Crippen molar-refractivity contribution in [1.82, 2.24) is 9.88 Å². The van der Waals surface area contributed by atoms with Crippen LogP contribution in [0.3, 0.4) is 0 Å². The molecule has 0 bridgehead atoms. The van der Waals surface area contributed by atoms with Gasteiger partial charge in [-0.3, -0.25) is 4.79 Å². The molecule has 1 aliphatic rings. The van der Waals surface area contributed by atoms with Gasteiger partial charge in [0.25, 0.3) is 0 Å². The molecule has 2 rings (SSSR count). The van der Waals surface area contributed by atoms with E-state index in [4.69, 9.17) is 4.74 Å². The summed E-state index contributed by atoms with van der Waals surface area (Å²) in [5.41, 5.74) is 0.941. The summed E-state index contributed by atoms with van der Waals surface area (Å²) < 4.78 is 5.26. The summed E-state index contributed by atoms with van der Waals surface area (Å²) in [7, 11) is 3.54. The second-order valence-electron chi connectivity index (χ2n) is 5.23. The van der Waals surface area contributed by atoms with Crippen LogP contribution < -0.4 is 0 Å². The van der Waals surface area contributed by atoms with Crippen molar-refractivity contribution in [2.75, 3.05) is 14.2 Å². The standard InChI is InChI=1S/C15H22N2O2S/c1-11(19-3)14-16-13(10-20-14)9-17(2)15(18)12-7-5-4-6-8-12/h4-5,10-12H,6-9H2,1-3H3/t11-,12+/m1/s1. The molecule has 1 amide bonds. The molecule has 0 aliphatic heterocycles. The molecule has 110 valence electrons. The van der Waals surface area contributed by atoms with Gasteiger partial charge in [0.2, 0.25) is 5.91 Å². The van der Waals surface area contributed by atoms with E-state index in [1.807, 2.05) is 19.4 Å². The lowest BCUT2D eigenvalue weighted by molar-refractivity contribution is -0.135. The lowest BCUT2D eigenvalue weighted by Gasteiger charge is -2.23. The molecule has 20 heavy (non-hydrogen) atoms. The molecule has 0 radical (unpaired) electrons. The van der Waals surface area contributed by atoms with Crippen LogP contribution in [0.1, 0.15) is 43.0 Å². The minimum absolute atomic E-state index is 0.0123. The minimum Gasteiger partial charge on any atom is -0.375 e. The molecule has 0 aromatic carbocycles. The van der Waals surface area contributed by atoms with Crippen molar-refractivity contribution in [2.45, 2.75) is 38.8 Å². The second-order valence-corrected chi connectivity index (χ2v) is 6.12. The van der Waals surface area contributed by atoms with Crippen molar-refractivity contribution >= 4 is 17.2 Å². The van der Waals surface area contributed by atoms with Gasteiger partial charge in [0.05, 0.1) is 12.2 Å². The lowest BCUT2D eigenvalue weighted by Crippen LogP contribution is -2.33. The van der Waals surface area contributed by atoms with Gasteiger partial charge >= 0.3 is 0 Å². The Labute approximate surface area is 124 Å². The Kier molecular flexibility index (Phi) is 5.31. The Bertz CT molecular complexity index is 484. The molecule has 2 atom stereocenters. The number of carbonyl (C=O) groups is 1. The van der Waals surface area contributed by atoms with Gasteiger partial charge < -0.3 is 9.64 Å². The van der Waals surface area contributed by atoms with Gasteiger partial charge in [0.1, 0.15) is 11.1 Å². The average molecular weight is 294 g/mol. The number of carbonyl (C=O) groups excluding carboxylic acids is 1. The predicted molar refractivity (Wildman–Crippen MR) is 80.5 cm³/mol. The monoisotopic (exact) mass is 294 g/mol. The molecule has 1 aromatic heterocycles. The minimum atomic E-state index is 0.0123. The van der Waals surface area contributed by atoms with Gasteiger partial charge in [-0.2, -0.15) is 0 Å². The Morgan fingerprint density at radius 1 is 1.60 bits per heavy atom. The van der Waals surface area contributed by atoms with E-state index in [0.29, 0.717) is 6.54 Å². The summed E-state index contributed by atoms with van der Waals surface area (Å²) in [6.45, 7) is 2.55. The fourth-order valence-electron chi connectivity index (χ4n) is 2.33. The number of ether oxygens (including phenoxy) is 1. The maximum absolute atomic E-state index is 12.3. The summed E-state index contributed by atoms with van der Waals surface area (Å²) in [5.74, 6) is 0.365. The first kappa shape index (κ1) is 15.2. The lowest BCUT2D eigenvalue weighted by atomic mass is 9.93. The zero-order chi connectivity index (χ0) is 14.5. The first-order valence-corrected chi connectivity index (χ1v) is 7.87. The van der Waals surface area contributed by atoms with Crippen molar-refractivity contribution in [2.24, 2.45) is 5.92 Å². The molecule has 4 nitrogen and oxygen atoms in total. The van der Waals surface area contributed by atoms with Gasteiger partial charge in [0.15, 0.2) is 0 Å². The van der Waals surface area contributed by atoms with Crippen LogP contribution in [-0.4, -0.2) is 29.9 Å². The smallest absolute Gasteiger partial charge is 0.226 e. The average Bonchev–Trinajstić information content (AvgIpc) is 2.95. The maximum Gasteiger partial charge on any atom is 0.226 e. The van der Waals surface area contributed by atoms with Crippen LogP contribution in [0.25, 0.3) is 0 Å². The third kappa shape index (κ3) is 3.67. The molecule has 0 unspecified atom stereocenters. The van der Waals surface area contributed by atoms with E-state index in [9.17, 15) is 4.79 Å². The normalized spacial score (nSPS) is 19.9. The Morgan fingerprint density at radius 2 is 2.40 bits per heavy atom. The topological polar surface area (TPSA) is 42.4 Å². The molecular weight excluding hydrogens is 272 g/mol. The van der Waals surface area contributed by atoms with Crippen molar-refractivity contribution in [1.29, 1.82) is 0 Å². The Hall–Kier alpha value is -1.20. The van der Waals surface area contributed by atoms with E-state index in [2.05, 4.69) is 17.1 Å². The van der Waals surface area contributed by atoms with Crippen LogP contribution in [0, 0.1) is 5.92 Å². The van der Waals surface area contributed by atoms with E-state index in [0.717, 1.165) is 30.0 Å². The number of thiazole rings is 1. The van der Waals surface area contributed by atoms with E-state index in [1.54, 1.807) is 23.3 Å². The fraction of sp³-hybridized carbons (Fsp3) is 0.600. The number of rotatable bonds is 5. The molecule has 0 saturated carbocycles. The summed E-state index contributed by atoms with van der Waals surface area (Å²) in [6.07, 6.45) is 7.12. The molecule has 1 aromatic rings. The summed E-state index contributed by atoms with van der Waals surface area (Å²) in [6, 6.07) is 0. The zero-order valence-corrected chi connectivity index (χ0v) is 13.2. The van der Waals surface area contributed by atoms with Crippen LogP contribution in [-0.2, 0) is 16.1 Å². The van der Waals surface area contributed by atoms with Crippen molar-refractivity contribution in [3.63, 3.8) is 0 Å². The van der Waals surface area contributed by atoms with Crippen molar-refractivity contribution in [3.05, 3.63) is 28.2 Å². The quantitative estimate of drug-likeness (QED) is 0.783. The number of methoxy groups -OCH3 is 1. The molecule has 0 fully saturated rings. The number of allylic oxidation sites excluding steroid dienone is 2. The molecule has 0 saturated heterocycles. The largest absolute Gasteiger partial charge is 0.375 e. The first-order valence-electron chi connectivity index (χ1n) is 6.99.